The summed E-state index contributed by atoms with van der Waals surface area (Å²) in [5.74, 6) is 0.750. The van der Waals surface area contributed by atoms with Gasteiger partial charge in [0.15, 0.2) is 0 Å². The molecule has 0 fully saturated rings. The van der Waals surface area contributed by atoms with E-state index in [2.05, 4.69) is 10.3 Å². The summed E-state index contributed by atoms with van der Waals surface area (Å²) in [7, 11) is 1.78. The number of aromatic nitrogens is 1. The number of ether oxygens (including phenoxy) is 1. The van der Waals surface area contributed by atoms with E-state index >= 15 is 0 Å². The van der Waals surface area contributed by atoms with Gasteiger partial charge in [-0.15, -0.1) is 0 Å². The van der Waals surface area contributed by atoms with Crippen molar-refractivity contribution < 1.29 is 9.53 Å². The lowest BCUT2D eigenvalue weighted by Crippen LogP contribution is -2.39. The predicted molar refractivity (Wildman–Crippen MR) is 93.2 cm³/mol. The van der Waals surface area contributed by atoms with Crippen molar-refractivity contribution in [3.05, 3.63) is 58.9 Å². The highest BCUT2D eigenvalue weighted by Gasteiger charge is 2.23. The average Bonchev–Trinajstić information content (AvgIpc) is 2.77. The van der Waals surface area contributed by atoms with Gasteiger partial charge in [0.1, 0.15) is 5.75 Å². The zero-order valence-corrected chi connectivity index (χ0v) is 14.3. The fourth-order valence-electron chi connectivity index (χ4n) is 2.79. The molecule has 2 amide bonds. The number of urea groups is 1. The molecule has 0 bridgehead atoms. The van der Waals surface area contributed by atoms with E-state index in [1.807, 2.05) is 24.3 Å². The van der Waals surface area contributed by atoms with Gasteiger partial charge >= 0.3 is 6.03 Å². The molecule has 2 heterocycles. The van der Waals surface area contributed by atoms with Gasteiger partial charge in [0.2, 0.25) is 0 Å². The highest BCUT2D eigenvalue weighted by atomic mass is 35.5. The second kappa shape index (κ2) is 7.53. The van der Waals surface area contributed by atoms with Gasteiger partial charge in [0, 0.05) is 36.6 Å². The molecule has 0 saturated heterocycles. The number of hydrogen-bond donors (Lipinski definition) is 1. The Kier molecular flexibility index (Phi) is 5.20. The van der Waals surface area contributed by atoms with E-state index in [0.717, 1.165) is 29.7 Å². The van der Waals surface area contributed by atoms with Gasteiger partial charge < -0.3 is 15.0 Å². The lowest BCUT2D eigenvalue weighted by atomic mass is 10.0. The Morgan fingerprint density at radius 1 is 1.46 bits per heavy atom. The Morgan fingerprint density at radius 3 is 3.12 bits per heavy atom. The molecule has 1 N–H and O–H groups in total. The maximum atomic E-state index is 12.5. The molecule has 0 spiro atoms. The Hall–Kier alpha value is -2.27. The van der Waals surface area contributed by atoms with E-state index < -0.39 is 0 Å². The van der Waals surface area contributed by atoms with E-state index in [0.29, 0.717) is 18.2 Å². The van der Waals surface area contributed by atoms with Crippen LogP contribution in [0.15, 0.2) is 42.7 Å². The van der Waals surface area contributed by atoms with E-state index in [1.165, 1.54) is 0 Å². The maximum Gasteiger partial charge on any atom is 0.317 e. The van der Waals surface area contributed by atoms with Crippen LogP contribution in [0.1, 0.15) is 30.0 Å². The normalized spacial score (nSPS) is 16.5. The molecule has 0 saturated carbocycles. The fraction of sp³-hybridized carbons (Fsp3) is 0.333. The number of benzene rings is 1. The maximum absolute atomic E-state index is 12.5. The van der Waals surface area contributed by atoms with Crippen LogP contribution in [0.5, 0.6) is 5.75 Å². The second-order valence-electron chi connectivity index (χ2n) is 5.89. The van der Waals surface area contributed by atoms with Crippen LogP contribution in [-0.4, -0.2) is 29.6 Å². The molecular weight excluding hydrogens is 326 g/mol. The Balaban J connectivity index is 1.70. The second-order valence-corrected chi connectivity index (χ2v) is 6.33. The summed E-state index contributed by atoms with van der Waals surface area (Å²) >= 11 is 6.04. The molecule has 3 rings (SSSR count). The van der Waals surface area contributed by atoms with E-state index in [1.54, 1.807) is 30.4 Å². The molecule has 1 atom stereocenters. The standard InChI is InChI=1S/C18H20ClN3O2/c1-22(12-13-4-2-8-20-11-13)18(23)21-16-5-3-9-24-17-10-14(19)6-7-15(16)17/h2,4,6-8,10-11,16H,3,5,9,12H2,1H3,(H,21,23)/t16-/m0/s1. The summed E-state index contributed by atoms with van der Waals surface area (Å²) in [4.78, 5) is 18.3. The zero-order valence-electron chi connectivity index (χ0n) is 13.5. The van der Waals surface area contributed by atoms with Crippen molar-refractivity contribution in [2.75, 3.05) is 13.7 Å². The first-order valence-corrected chi connectivity index (χ1v) is 8.34. The van der Waals surface area contributed by atoms with Crippen LogP contribution in [0.4, 0.5) is 4.79 Å². The molecule has 1 aliphatic rings. The molecule has 0 aliphatic carbocycles. The van der Waals surface area contributed by atoms with Crippen molar-refractivity contribution in [1.29, 1.82) is 0 Å². The van der Waals surface area contributed by atoms with Crippen molar-refractivity contribution in [1.82, 2.24) is 15.2 Å². The summed E-state index contributed by atoms with van der Waals surface area (Å²) in [5, 5.41) is 3.73. The van der Waals surface area contributed by atoms with Crippen molar-refractivity contribution >= 4 is 17.6 Å². The Bertz CT molecular complexity index is 709. The number of amides is 2. The number of carbonyl (C=O) groups is 1. The van der Waals surface area contributed by atoms with Crippen LogP contribution in [0.3, 0.4) is 0 Å². The van der Waals surface area contributed by atoms with Gasteiger partial charge in [-0.3, -0.25) is 4.98 Å². The van der Waals surface area contributed by atoms with Gasteiger partial charge in [-0.2, -0.15) is 0 Å². The summed E-state index contributed by atoms with van der Waals surface area (Å²) in [5.41, 5.74) is 1.96. The zero-order chi connectivity index (χ0) is 16.9. The predicted octanol–water partition coefficient (Wildman–Crippen LogP) is 3.79. The monoisotopic (exact) mass is 345 g/mol. The van der Waals surface area contributed by atoms with Gasteiger partial charge in [-0.05, 0) is 36.6 Å². The third kappa shape index (κ3) is 3.97. The fourth-order valence-corrected chi connectivity index (χ4v) is 2.95. The molecule has 0 unspecified atom stereocenters. The van der Waals surface area contributed by atoms with Crippen molar-refractivity contribution in [3.8, 4) is 5.75 Å². The summed E-state index contributed by atoms with van der Waals surface area (Å²) < 4.78 is 5.74. The van der Waals surface area contributed by atoms with Gasteiger partial charge in [-0.1, -0.05) is 23.7 Å². The molecule has 2 aromatic rings. The van der Waals surface area contributed by atoms with Crippen LogP contribution in [0, 0.1) is 0 Å². The number of carbonyl (C=O) groups excluding carboxylic acids is 1. The minimum absolute atomic E-state index is 0.0800. The van der Waals surface area contributed by atoms with Crippen molar-refractivity contribution in [2.45, 2.75) is 25.4 Å². The third-order valence-electron chi connectivity index (χ3n) is 4.03. The Morgan fingerprint density at radius 2 is 2.33 bits per heavy atom. The number of fused-ring (bicyclic) bond motifs is 1. The van der Waals surface area contributed by atoms with Crippen LogP contribution in [-0.2, 0) is 6.54 Å². The topological polar surface area (TPSA) is 54.5 Å². The van der Waals surface area contributed by atoms with Crippen LogP contribution >= 0.6 is 11.6 Å². The number of halogens is 1. The highest BCUT2D eigenvalue weighted by Crippen LogP contribution is 2.33. The van der Waals surface area contributed by atoms with Gasteiger partial charge in [0.25, 0.3) is 0 Å². The van der Waals surface area contributed by atoms with E-state index in [4.69, 9.17) is 16.3 Å². The summed E-state index contributed by atoms with van der Waals surface area (Å²) in [6, 6.07) is 9.18. The minimum Gasteiger partial charge on any atom is -0.493 e. The lowest BCUT2D eigenvalue weighted by molar-refractivity contribution is 0.202. The molecule has 24 heavy (non-hydrogen) atoms. The van der Waals surface area contributed by atoms with E-state index in [-0.39, 0.29) is 12.1 Å². The first kappa shape index (κ1) is 16.6. The first-order chi connectivity index (χ1) is 11.6. The van der Waals surface area contributed by atoms with Gasteiger partial charge in [-0.25, -0.2) is 4.79 Å². The third-order valence-corrected chi connectivity index (χ3v) is 4.27. The van der Waals surface area contributed by atoms with Crippen LogP contribution in [0.2, 0.25) is 5.02 Å². The smallest absolute Gasteiger partial charge is 0.317 e. The largest absolute Gasteiger partial charge is 0.493 e. The molecule has 1 aromatic carbocycles. The van der Waals surface area contributed by atoms with Crippen LogP contribution < -0.4 is 10.1 Å². The number of nitrogens with zero attached hydrogens (tertiary/aromatic N) is 2. The summed E-state index contributed by atoms with van der Waals surface area (Å²) in [6.07, 6.45) is 5.20. The van der Waals surface area contributed by atoms with Crippen LogP contribution in [0.25, 0.3) is 0 Å². The quantitative estimate of drug-likeness (QED) is 0.920. The number of nitrogens with one attached hydrogen (secondary N) is 1. The molecular formula is C18H20ClN3O2. The van der Waals surface area contributed by atoms with E-state index in [9.17, 15) is 4.79 Å². The lowest BCUT2D eigenvalue weighted by Gasteiger charge is -2.23. The first-order valence-electron chi connectivity index (χ1n) is 7.96. The number of pyridine rings is 1. The molecule has 5 nitrogen and oxygen atoms in total. The average molecular weight is 346 g/mol. The highest BCUT2D eigenvalue weighted by molar-refractivity contribution is 6.30. The van der Waals surface area contributed by atoms with Crippen molar-refractivity contribution in [3.63, 3.8) is 0 Å². The Labute approximate surface area is 146 Å². The molecule has 6 heteroatoms. The van der Waals surface area contributed by atoms with Crippen molar-refractivity contribution in [2.24, 2.45) is 0 Å². The number of rotatable bonds is 3. The molecule has 1 aromatic heterocycles. The molecule has 126 valence electrons. The molecule has 0 radical (unpaired) electrons. The molecule has 1 aliphatic heterocycles. The number of hydrogen-bond acceptors (Lipinski definition) is 3. The van der Waals surface area contributed by atoms with Gasteiger partial charge in [0.05, 0.1) is 12.6 Å². The summed E-state index contributed by atoms with van der Waals surface area (Å²) in [6.45, 7) is 1.14. The SMILES string of the molecule is CN(Cc1cccnc1)C(=O)N[C@H]1CCCOc2cc(Cl)ccc21. The minimum atomic E-state index is -0.119.